The van der Waals surface area contributed by atoms with Gasteiger partial charge >= 0.3 is 0 Å². The highest BCUT2D eigenvalue weighted by molar-refractivity contribution is 7.91. The highest BCUT2D eigenvalue weighted by Crippen LogP contribution is 2.43. The molecule has 2 aliphatic rings. The number of fused-ring (bicyclic) bond motifs is 3. The number of carbonyl (C=O) groups excluding carboxylic acids is 1. The van der Waals surface area contributed by atoms with Gasteiger partial charge in [-0.05, 0) is 49.9 Å². The minimum Gasteiger partial charge on any atom is -0.337 e. The van der Waals surface area contributed by atoms with Gasteiger partial charge in [0.15, 0.2) is 9.84 Å². The lowest BCUT2D eigenvalue weighted by molar-refractivity contribution is -0.135. The van der Waals surface area contributed by atoms with E-state index in [-0.39, 0.29) is 35.1 Å². The highest BCUT2D eigenvalue weighted by Gasteiger charge is 2.43. The maximum Gasteiger partial charge on any atom is 0.224 e. The van der Waals surface area contributed by atoms with E-state index in [0.717, 1.165) is 36.9 Å². The molecule has 3 aromatic rings. The number of amides is 1. The molecule has 32 heavy (non-hydrogen) atoms. The summed E-state index contributed by atoms with van der Waals surface area (Å²) in [6.45, 7) is 0. The molecule has 8 heteroatoms. The number of carbonyl (C=O) groups is 1. The Morgan fingerprint density at radius 1 is 1.16 bits per heavy atom. The van der Waals surface area contributed by atoms with Crippen molar-refractivity contribution >= 4 is 37.3 Å². The molecule has 1 amide bonds. The maximum atomic E-state index is 13.1. The molecule has 2 unspecified atom stereocenters. The van der Waals surface area contributed by atoms with Crippen molar-refractivity contribution in [1.29, 1.82) is 0 Å². The third-order valence-electron chi connectivity index (χ3n) is 6.63. The predicted molar refractivity (Wildman–Crippen MR) is 124 cm³/mol. The molecule has 0 N–H and O–H groups in total. The van der Waals surface area contributed by atoms with E-state index >= 15 is 0 Å². The summed E-state index contributed by atoms with van der Waals surface area (Å²) in [4.78, 5) is 24.0. The third-order valence-corrected chi connectivity index (χ3v) is 9.39. The molecule has 1 aromatic carbocycles. The average Bonchev–Trinajstić information content (AvgIpc) is 3.39. The summed E-state index contributed by atoms with van der Waals surface area (Å²) in [5, 5.41) is 0. The smallest absolute Gasteiger partial charge is 0.224 e. The lowest BCUT2D eigenvalue weighted by Gasteiger charge is -2.39. The van der Waals surface area contributed by atoms with Crippen LogP contribution in [-0.2, 0) is 14.6 Å². The number of terminal acetylenes is 1. The molecule has 2 aromatic heterocycles. The van der Waals surface area contributed by atoms with Gasteiger partial charge < -0.3 is 4.90 Å². The monoisotopic (exact) mass is 465 g/mol. The number of sulfone groups is 1. The Kier molecular flexibility index (Phi) is 5.48. The standard InChI is InChI=1S/C24H23N3O3S2/c1-2-16-6-9-20(25-14-16)17-12-18-7-8-19(13-17)27(18)23(28)10-11-32(29,30)22-5-3-4-21-24(22)31-15-26-21/h1,3-6,9,14-15,17-19H,7-8,10-13H2. The van der Waals surface area contributed by atoms with Crippen molar-refractivity contribution in [3.8, 4) is 12.3 Å². The molecular formula is C24H23N3O3S2. The summed E-state index contributed by atoms with van der Waals surface area (Å²) < 4.78 is 26.6. The van der Waals surface area contributed by atoms with Gasteiger partial charge in [-0.15, -0.1) is 17.8 Å². The Bertz CT molecular complexity index is 1290. The molecule has 0 aliphatic carbocycles. The van der Waals surface area contributed by atoms with Gasteiger partial charge in [-0.3, -0.25) is 9.78 Å². The van der Waals surface area contributed by atoms with Crippen LogP contribution in [0, 0.1) is 12.3 Å². The largest absolute Gasteiger partial charge is 0.337 e. The van der Waals surface area contributed by atoms with E-state index in [0.29, 0.717) is 16.1 Å². The predicted octanol–water partition coefficient (Wildman–Crippen LogP) is 3.77. The molecule has 2 atom stereocenters. The zero-order valence-electron chi connectivity index (χ0n) is 17.5. The minimum atomic E-state index is -3.57. The summed E-state index contributed by atoms with van der Waals surface area (Å²) in [5.74, 6) is 2.64. The van der Waals surface area contributed by atoms with Gasteiger partial charge in [0.25, 0.3) is 0 Å². The molecule has 6 nitrogen and oxygen atoms in total. The average molecular weight is 466 g/mol. The number of rotatable bonds is 5. The van der Waals surface area contributed by atoms with Crippen LogP contribution < -0.4 is 0 Å². The highest BCUT2D eigenvalue weighted by atomic mass is 32.2. The van der Waals surface area contributed by atoms with Crippen LogP contribution in [0.1, 0.15) is 49.3 Å². The van der Waals surface area contributed by atoms with Crippen LogP contribution in [0.25, 0.3) is 10.2 Å². The lowest BCUT2D eigenvalue weighted by Crippen LogP contribution is -2.46. The van der Waals surface area contributed by atoms with Crippen LogP contribution in [0.4, 0.5) is 0 Å². The fourth-order valence-corrected chi connectivity index (χ4v) is 7.68. The van der Waals surface area contributed by atoms with E-state index in [4.69, 9.17) is 6.42 Å². The molecule has 5 rings (SSSR count). The first-order chi connectivity index (χ1) is 15.5. The molecular weight excluding hydrogens is 442 g/mol. The second-order valence-electron chi connectivity index (χ2n) is 8.50. The first-order valence-electron chi connectivity index (χ1n) is 10.7. The van der Waals surface area contributed by atoms with Crippen molar-refractivity contribution in [2.24, 2.45) is 0 Å². The number of aromatic nitrogens is 2. The van der Waals surface area contributed by atoms with E-state index in [1.54, 1.807) is 29.9 Å². The summed E-state index contributed by atoms with van der Waals surface area (Å²) >= 11 is 1.31. The van der Waals surface area contributed by atoms with Gasteiger partial charge in [0, 0.05) is 41.9 Å². The Balaban J connectivity index is 1.27. The van der Waals surface area contributed by atoms with Gasteiger partial charge in [0.05, 0.1) is 26.4 Å². The number of pyridine rings is 1. The van der Waals surface area contributed by atoms with Crippen LogP contribution in [0.5, 0.6) is 0 Å². The van der Waals surface area contributed by atoms with Crippen molar-refractivity contribution in [1.82, 2.24) is 14.9 Å². The molecule has 2 fully saturated rings. The van der Waals surface area contributed by atoms with Crippen molar-refractivity contribution in [3.05, 3.63) is 53.3 Å². The molecule has 2 saturated heterocycles. The summed E-state index contributed by atoms with van der Waals surface area (Å²) in [6, 6.07) is 9.30. The first-order valence-corrected chi connectivity index (χ1v) is 13.3. The molecule has 0 saturated carbocycles. The van der Waals surface area contributed by atoms with Gasteiger partial charge in [0.2, 0.25) is 5.91 Å². The Hall–Kier alpha value is -2.76. The molecule has 0 radical (unpaired) electrons. The first kappa shape index (κ1) is 21.1. The van der Waals surface area contributed by atoms with Gasteiger partial charge in [-0.25, -0.2) is 13.4 Å². The molecule has 4 heterocycles. The molecule has 0 spiro atoms. The molecule has 2 bridgehead atoms. The molecule has 2 aliphatic heterocycles. The van der Waals surface area contributed by atoms with Gasteiger partial charge in [-0.2, -0.15) is 0 Å². The number of hydrogen-bond acceptors (Lipinski definition) is 6. The van der Waals surface area contributed by atoms with Crippen LogP contribution in [0.15, 0.2) is 46.9 Å². The maximum absolute atomic E-state index is 13.1. The van der Waals surface area contributed by atoms with Gasteiger partial charge in [0.1, 0.15) is 0 Å². The Morgan fingerprint density at radius 2 is 1.94 bits per heavy atom. The van der Waals surface area contributed by atoms with E-state index < -0.39 is 9.84 Å². The Labute approximate surface area is 191 Å². The number of piperidine rings is 1. The second kappa shape index (κ2) is 8.30. The lowest BCUT2D eigenvalue weighted by atomic mass is 9.87. The van der Waals surface area contributed by atoms with Gasteiger partial charge in [-0.1, -0.05) is 12.0 Å². The van der Waals surface area contributed by atoms with Crippen molar-refractivity contribution in [2.75, 3.05) is 5.75 Å². The van der Waals surface area contributed by atoms with E-state index in [1.807, 2.05) is 17.0 Å². The van der Waals surface area contributed by atoms with Crippen LogP contribution in [0.2, 0.25) is 0 Å². The minimum absolute atomic E-state index is 0.00427. The summed E-state index contributed by atoms with van der Waals surface area (Å²) in [6.07, 6.45) is 10.8. The Morgan fingerprint density at radius 3 is 2.62 bits per heavy atom. The topological polar surface area (TPSA) is 80.2 Å². The number of nitrogens with zero attached hydrogens (tertiary/aromatic N) is 3. The quantitative estimate of drug-likeness (QED) is 0.536. The number of thiazole rings is 1. The summed E-state index contributed by atoms with van der Waals surface area (Å²) in [7, 11) is -3.57. The second-order valence-corrected chi connectivity index (χ2v) is 11.4. The SMILES string of the molecule is C#Cc1ccc(C2CC3CCC(C2)N3C(=O)CCS(=O)(=O)c2cccc3ncsc23)nc1. The summed E-state index contributed by atoms with van der Waals surface area (Å²) in [5.41, 5.74) is 4.10. The fraction of sp³-hybridized carbons (Fsp3) is 0.375. The normalized spacial score (nSPS) is 22.7. The van der Waals surface area contributed by atoms with Crippen LogP contribution in [-0.4, -0.2) is 47.0 Å². The zero-order chi connectivity index (χ0) is 22.3. The zero-order valence-corrected chi connectivity index (χ0v) is 19.1. The molecule has 164 valence electrons. The van der Waals surface area contributed by atoms with Crippen LogP contribution in [0.3, 0.4) is 0 Å². The van der Waals surface area contributed by atoms with Crippen molar-refractivity contribution in [3.63, 3.8) is 0 Å². The van der Waals surface area contributed by atoms with Crippen LogP contribution >= 0.6 is 11.3 Å². The van der Waals surface area contributed by atoms with Crippen molar-refractivity contribution in [2.45, 2.75) is 55.0 Å². The van der Waals surface area contributed by atoms with E-state index in [1.165, 1.54) is 11.3 Å². The number of benzene rings is 1. The third kappa shape index (κ3) is 3.80. The van der Waals surface area contributed by atoms with E-state index in [9.17, 15) is 13.2 Å². The van der Waals surface area contributed by atoms with E-state index in [2.05, 4.69) is 15.9 Å². The van der Waals surface area contributed by atoms with Crippen molar-refractivity contribution < 1.29 is 13.2 Å². The number of hydrogen-bond donors (Lipinski definition) is 0. The fourth-order valence-electron chi connectivity index (χ4n) is 5.12.